The fourth-order valence-electron chi connectivity index (χ4n) is 3.63. The number of hydrogen-bond acceptors (Lipinski definition) is 4. The maximum absolute atomic E-state index is 13.7. The molecule has 0 saturated carbocycles. The van der Waals surface area contributed by atoms with Gasteiger partial charge in [0, 0.05) is 28.7 Å². The number of amides is 2. The molecule has 0 bridgehead atoms. The van der Waals surface area contributed by atoms with E-state index in [-0.39, 0.29) is 18.4 Å². The number of benzene rings is 2. The van der Waals surface area contributed by atoms with E-state index in [1.807, 2.05) is 13.8 Å². The first-order valence-electron chi connectivity index (χ1n) is 11.4. The van der Waals surface area contributed by atoms with Crippen LogP contribution in [0, 0.1) is 12.8 Å². The summed E-state index contributed by atoms with van der Waals surface area (Å²) >= 11 is 12.7. The normalized spacial score (nSPS) is 12.3. The van der Waals surface area contributed by atoms with Gasteiger partial charge in [0.25, 0.3) is 0 Å². The number of nitrogens with one attached hydrogen (secondary N) is 1. The lowest BCUT2D eigenvalue weighted by atomic mass is 10.1. The highest BCUT2D eigenvalue weighted by molar-refractivity contribution is 7.92. The first kappa shape index (κ1) is 28.9. The van der Waals surface area contributed by atoms with Crippen LogP contribution in [0.25, 0.3) is 0 Å². The van der Waals surface area contributed by atoms with Crippen molar-refractivity contribution in [2.24, 2.45) is 5.92 Å². The van der Waals surface area contributed by atoms with E-state index < -0.39 is 28.5 Å². The topological polar surface area (TPSA) is 86.8 Å². The predicted octanol–water partition coefficient (Wildman–Crippen LogP) is 4.65. The molecule has 0 aliphatic rings. The molecule has 0 unspecified atom stereocenters. The molecule has 0 saturated heterocycles. The number of carbonyl (C=O) groups is 2. The van der Waals surface area contributed by atoms with E-state index in [1.165, 1.54) is 4.90 Å². The minimum absolute atomic E-state index is 0.0453. The summed E-state index contributed by atoms with van der Waals surface area (Å²) in [5.74, 6) is -0.638. The fraction of sp³-hybridized carbons (Fsp3) is 0.440. The molecule has 0 aromatic heterocycles. The van der Waals surface area contributed by atoms with Gasteiger partial charge in [-0.1, -0.05) is 68.2 Å². The van der Waals surface area contributed by atoms with Crippen molar-refractivity contribution in [3.05, 3.63) is 63.6 Å². The van der Waals surface area contributed by atoms with Crippen molar-refractivity contribution in [1.29, 1.82) is 0 Å². The largest absolute Gasteiger partial charge is 0.354 e. The Morgan fingerprint density at radius 2 is 1.63 bits per heavy atom. The summed E-state index contributed by atoms with van der Waals surface area (Å²) < 4.78 is 26.4. The maximum atomic E-state index is 13.7. The number of anilines is 1. The van der Waals surface area contributed by atoms with Crippen LogP contribution in [0.4, 0.5) is 5.69 Å². The average molecular weight is 543 g/mol. The van der Waals surface area contributed by atoms with Gasteiger partial charge in [0.2, 0.25) is 21.8 Å². The Morgan fingerprint density at radius 3 is 2.14 bits per heavy atom. The first-order chi connectivity index (χ1) is 16.4. The van der Waals surface area contributed by atoms with Crippen LogP contribution >= 0.6 is 23.2 Å². The zero-order valence-corrected chi connectivity index (χ0v) is 23.0. The highest BCUT2D eigenvalue weighted by Crippen LogP contribution is 2.28. The van der Waals surface area contributed by atoms with Crippen LogP contribution in [-0.4, -0.2) is 50.5 Å². The summed E-state index contributed by atoms with van der Waals surface area (Å²) in [6.07, 6.45) is 1.37. The maximum Gasteiger partial charge on any atom is 0.244 e. The smallest absolute Gasteiger partial charge is 0.244 e. The Bertz CT molecular complexity index is 1130. The van der Waals surface area contributed by atoms with Crippen LogP contribution in [0.15, 0.2) is 42.5 Å². The molecule has 2 rings (SSSR count). The Hall–Kier alpha value is -2.29. The van der Waals surface area contributed by atoms with Gasteiger partial charge >= 0.3 is 0 Å². The summed E-state index contributed by atoms with van der Waals surface area (Å²) in [5, 5.41) is 3.58. The number of rotatable bonds is 11. The van der Waals surface area contributed by atoms with E-state index in [2.05, 4.69) is 5.32 Å². The predicted molar refractivity (Wildman–Crippen MR) is 142 cm³/mol. The van der Waals surface area contributed by atoms with Crippen molar-refractivity contribution in [2.75, 3.05) is 23.7 Å². The van der Waals surface area contributed by atoms with Crippen molar-refractivity contribution in [2.45, 2.75) is 46.7 Å². The highest BCUT2D eigenvalue weighted by Gasteiger charge is 2.32. The molecule has 35 heavy (non-hydrogen) atoms. The van der Waals surface area contributed by atoms with Gasteiger partial charge in [0.15, 0.2) is 0 Å². The lowest BCUT2D eigenvalue weighted by molar-refractivity contribution is -0.140. The van der Waals surface area contributed by atoms with E-state index in [0.717, 1.165) is 10.6 Å². The number of para-hydroxylation sites is 1. The van der Waals surface area contributed by atoms with E-state index in [1.54, 1.807) is 56.3 Å². The first-order valence-corrected chi connectivity index (χ1v) is 14.0. The fourth-order valence-corrected chi connectivity index (χ4v) is 5.06. The molecule has 0 aliphatic heterocycles. The molecule has 192 valence electrons. The van der Waals surface area contributed by atoms with Gasteiger partial charge in [-0.05, 0) is 43.0 Å². The second-order valence-electron chi connectivity index (χ2n) is 8.84. The SMILES string of the molecule is CC[C@@H](C(=O)NCC(C)C)N(Cc1c(Cl)cccc1Cl)C(=O)CN(c1ccccc1C)S(C)(=O)=O. The third-order valence-corrected chi connectivity index (χ3v) is 7.36. The zero-order chi connectivity index (χ0) is 26.3. The second-order valence-corrected chi connectivity index (χ2v) is 11.6. The molecule has 2 aromatic rings. The monoisotopic (exact) mass is 541 g/mol. The van der Waals surface area contributed by atoms with Crippen molar-refractivity contribution in [1.82, 2.24) is 10.2 Å². The third kappa shape index (κ3) is 7.85. The number of aryl methyl sites for hydroxylation is 1. The van der Waals surface area contributed by atoms with Crippen molar-refractivity contribution in [3.8, 4) is 0 Å². The Morgan fingerprint density at radius 1 is 1.03 bits per heavy atom. The van der Waals surface area contributed by atoms with Crippen LogP contribution in [0.1, 0.15) is 38.3 Å². The molecule has 7 nitrogen and oxygen atoms in total. The Balaban J connectivity index is 2.50. The summed E-state index contributed by atoms with van der Waals surface area (Å²) in [7, 11) is -3.80. The van der Waals surface area contributed by atoms with E-state index in [0.29, 0.717) is 39.8 Å². The van der Waals surface area contributed by atoms with Crippen molar-refractivity contribution < 1.29 is 18.0 Å². The van der Waals surface area contributed by atoms with Crippen LogP contribution < -0.4 is 9.62 Å². The molecular formula is C25H33Cl2N3O4S. The van der Waals surface area contributed by atoms with Crippen LogP contribution in [-0.2, 0) is 26.2 Å². The lowest BCUT2D eigenvalue weighted by Gasteiger charge is -2.33. The molecule has 0 fully saturated rings. The summed E-state index contributed by atoms with van der Waals surface area (Å²) in [6.45, 7) is 7.44. The van der Waals surface area contributed by atoms with E-state index in [9.17, 15) is 18.0 Å². The molecule has 0 aliphatic carbocycles. The van der Waals surface area contributed by atoms with Gasteiger partial charge in [-0.25, -0.2) is 8.42 Å². The van der Waals surface area contributed by atoms with Gasteiger partial charge in [0.05, 0.1) is 11.9 Å². The van der Waals surface area contributed by atoms with Crippen LogP contribution in [0.3, 0.4) is 0 Å². The van der Waals surface area contributed by atoms with Crippen molar-refractivity contribution >= 4 is 50.7 Å². The van der Waals surface area contributed by atoms with Gasteiger partial charge < -0.3 is 10.2 Å². The third-order valence-electron chi connectivity index (χ3n) is 5.52. The van der Waals surface area contributed by atoms with Crippen LogP contribution in [0.5, 0.6) is 0 Å². The molecule has 0 radical (unpaired) electrons. The number of halogens is 2. The number of hydrogen-bond donors (Lipinski definition) is 1. The molecule has 2 aromatic carbocycles. The molecule has 0 heterocycles. The lowest BCUT2D eigenvalue weighted by Crippen LogP contribution is -2.52. The summed E-state index contributed by atoms with van der Waals surface area (Å²) in [6, 6.07) is 11.1. The van der Waals surface area contributed by atoms with E-state index in [4.69, 9.17) is 23.2 Å². The van der Waals surface area contributed by atoms with Gasteiger partial charge in [-0.15, -0.1) is 0 Å². The average Bonchev–Trinajstić information content (AvgIpc) is 2.77. The van der Waals surface area contributed by atoms with Gasteiger partial charge in [-0.2, -0.15) is 0 Å². The molecule has 10 heteroatoms. The van der Waals surface area contributed by atoms with Crippen molar-refractivity contribution in [3.63, 3.8) is 0 Å². The highest BCUT2D eigenvalue weighted by atomic mass is 35.5. The minimum Gasteiger partial charge on any atom is -0.354 e. The van der Waals surface area contributed by atoms with Gasteiger partial charge in [0.1, 0.15) is 12.6 Å². The number of nitrogens with zero attached hydrogens (tertiary/aromatic N) is 2. The zero-order valence-electron chi connectivity index (χ0n) is 20.7. The number of carbonyl (C=O) groups excluding carboxylic acids is 2. The standard InChI is InChI=1S/C25H33Cl2N3O4S/c1-6-22(25(32)28-14-17(2)3)29(15-19-20(26)11-9-12-21(19)27)24(31)16-30(35(5,33)34)23-13-8-7-10-18(23)4/h7-13,17,22H,6,14-16H2,1-5H3,(H,28,32)/t22-/m0/s1. The Labute approximate surface area is 218 Å². The van der Waals surface area contributed by atoms with E-state index >= 15 is 0 Å². The summed E-state index contributed by atoms with van der Waals surface area (Å²) in [4.78, 5) is 28.2. The molecular weight excluding hydrogens is 509 g/mol. The molecule has 0 spiro atoms. The van der Waals surface area contributed by atoms with Gasteiger partial charge in [-0.3, -0.25) is 13.9 Å². The molecule has 1 N–H and O–H groups in total. The number of sulfonamides is 1. The van der Waals surface area contributed by atoms with Crippen LogP contribution in [0.2, 0.25) is 10.0 Å². The molecule has 2 amide bonds. The Kier molecular flexibility index (Phi) is 10.4. The summed E-state index contributed by atoms with van der Waals surface area (Å²) in [5.41, 5.74) is 1.59. The quantitative estimate of drug-likeness (QED) is 0.448. The molecule has 1 atom stereocenters. The minimum atomic E-state index is -3.80. The second kappa shape index (κ2) is 12.6.